The zero-order valence-corrected chi connectivity index (χ0v) is 13.2. The molecule has 0 aromatic heterocycles. The van der Waals surface area contributed by atoms with Gasteiger partial charge in [-0.3, -0.25) is 4.79 Å². The molecule has 0 fully saturated rings. The summed E-state index contributed by atoms with van der Waals surface area (Å²) in [4.78, 5) is 11.1. The second-order valence-electron chi connectivity index (χ2n) is 4.97. The third-order valence-corrected chi connectivity index (χ3v) is 4.81. The number of benzene rings is 2. The molecule has 24 heavy (non-hydrogen) atoms. The molecule has 0 unspecified atom stereocenters. The van der Waals surface area contributed by atoms with Crippen LogP contribution < -0.4 is 11.1 Å². The molecule has 0 aliphatic rings. The number of carbonyl (C=O) groups is 1. The van der Waals surface area contributed by atoms with E-state index in [-0.39, 0.29) is 5.69 Å². The van der Waals surface area contributed by atoms with Gasteiger partial charge in [0.05, 0.1) is 10.5 Å². The van der Waals surface area contributed by atoms with Crippen LogP contribution in [0.2, 0.25) is 0 Å². The SMILES string of the molecule is Cc1ccc(NC(=O)c2ccccc2S(=O)(=O)C(F)(F)F)cc1N. The quantitative estimate of drug-likeness (QED) is 0.825. The minimum atomic E-state index is -5.64. The van der Waals surface area contributed by atoms with Crippen LogP contribution >= 0.6 is 0 Å². The summed E-state index contributed by atoms with van der Waals surface area (Å²) in [7, 11) is -5.64. The van der Waals surface area contributed by atoms with E-state index in [2.05, 4.69) is 5.32 Å². The van der Waals surface area contributed by atoms with E-state index in [1.165, 1.54) is 18.2 Å². The Morgan fingerprint density at radius 2 is 1.75 bits per heavy atom. The lowest BCUT2D eigenvalue weighted by Crippen LogP contribution is -2.26. The lowest BCUT2D eigenvalue weighted by atomic mass is 10.1. The number of rotatable bonds is 3. The van der Waals surface area contributed by atoms with Gasteiger partial charge in [0.15, 0.2) is 0 Å². The predicted molar refractivity (Wildman–Crippen MR) is 83.2 cm³/mol. The highest BCUT2D eigenvalue weighted by Crippen LogP contribution is 2.32. The average molecular weight is 358 g/mol. The van der Waals surface area contributed by atoms with Crippen molar-refractivity contribution in [1.29, 1.82) is 0 Å². The maximum atomic E-state index is 12.8. The van der Waals surface area contributed by atoms with Gasteiger partial charge in [-0.2, -0.15) is 13.2 Å². The highest BCUT2D eigenvalue weighted by atomic mass is 32.2. The van der Waals surface area contributed by atoms with Gasteiger partial charge in [-0.25, -0.2) is 8.42 Å². The van der Waals surface area contributed by atoms with Crippen molar-refractivity contribution in [3.8, 4) is 0 Å². The molecule has 0 aliphatic heterocycles. The van der Waals surface area contributed by atoms with Crippen LogP contribution in [0.5, 0.6) is 0 Å². The first-order chi connectivity index (χ1) is 11.0. The Morgan fingerprint density at radius 1 is 1.12 bits per heavy atom. The van der Waals surface area contributed by atoms with Crippen LogP contribution in [-0.4, -0.2) is 19.8 Å². The van der Waals surface area contributed by atoms with Crippen LogP contribution in [0.25, 0.3) is 0 Å². The topological polar surface area (TPSA) is 89.3 Å². The fourth-order valence-corrected chi connectivity index (χ4v) is 2.89. The Bertz CT molecular complexity index is 893. The molecular formula is C15H13F3N2O3S. The van der Waals surface area contributed by atoms with Crippen LogP contribution in [0.15, 0.2) is 47.4 Å². The maximum absolute atomic E-state index is 12.8. The standard InChI is InChI=1S/C15H13F3N2O3S/c1-9-6-7-10(8-12(9)19)20-14(21)11-4-2-3-5-13(11)24(22,23)15(16,17)18/h2-8H,19H2,1H3,(H,20,21). The fraction of sp³-hybridized carbons (Fsp3) is 0.133. The summed E-state index contributed by atoms with van der Waals surface area (Å²) in [5, 5.41) is 2.34. The van der Waals surface area contributed by atoms with Crippen LogP contribution in [0.4, 0.5) is 24.5 Å². The molecule has 1 amide bonds. The summed E-state index contributed by atoms with van der Waals surface area (Å²) in [6.45, 7) is 1.74. The van der Waals surface area contributed by atoms with Gasteiger partial charge in [-0.05, 0) is 36.8 Å². The third kappa shape index (κ3) is 3.35. The van der Waals surface area contributed by atoms with E-state index in [0.29, 0.717) is 5.69 Å². The Hall–Kier alpha value is -2.55. The summed E-state index contributed by atoms with van der Waals surface area (Å²) in [5.41, 5.74) is 0.965. The normalized spacial score (nSPS) is 12.0. The van der Waals surface area contributed by atoms with Crippen LogP contribution in [0.1, 0.15) is 15.9 Å². The Kier molecular flexibility index (Phi) is 4.57. The monoisotopic (exact) mass is 358 g/mol. The highest BCUT2D eigenvalue weighted by molar-refractivity contribution is 7.92. The van der Waals surface area contributed by atoms with Gasteiger partial charge in [0, 0.05) is 11.4 Å². The minimum absolute atomic E-state index is 0.238. The number of hydrogen-bond donors (Lipinski definition) is 2. The van der Waals surface area contributed by atoms with E-state index >= 15 is 0 Å². The van der Waals surface area contributed by atoms with Crippen molar-refractivity contribution in [3.63, 3.8) is 0 Å². The molecule has 2 aromatic rings. The number of carbonyl (C=O) groups excluding carboxylic acids is 1. The number of nitrogens with one attached hydrogen (secondary N) is 1. The largest absolute Gasteiger partial charge is 0.501 e. The zero-order valence-electron chi connectivity index (χ0n) is 12.4. The molecule has 9 heteroatoms. The number of nitrogens with two attached hydrogens (primary N) is 1. The molecule has 128 valence electrons. The van der Waals surface area contributed by atoms with E-state index in [0.717, 1.165) is 23.8 Å². The fourth-order valence-electron chi connectivity index (χ4n) is 1.93. The summed E-state index contributed by atoms with van der Waals surface area (Å²) in [5.74, 6) is -0.985. The van der Waals surface area contributed by atoms with Gasteiger partial charge in [0.25, 0.3) is 15.7 Å². The van der Waals surface area contributed by atoms with Crippen molar-refractivity contribution in [3.05, 3.63) is 53.6 Å². The summed E-state index contributed by atoms with van der Waals surface area (Å²) in [6, 6.07) is 8.67. The second-order valence-corrected chi connectivity index (χ2v) is 6.88. The summed E-state index contributed by atoms with van der Waals surface area (Å²) < 4.78 is 61.5. The van der Waals surface area contributed by atoms with Gasteiger partial charge in [0.2, 0.25) is 0 Å². The van der Waals surface area contributed by atoms with Crippen molar-refractivity contribution in [1.82, 2.24) is 0 Å². The lowest BCUT2D eigenvalue weighted by Gasteiger charge is -2.13. The Labute approximate surface area is 136 Å². The van der Waals surface area contributed by atoms with Crippen molar-refractivity contribution >= 4 is 27.1 Å². The maximum Gasteiger partial charge on any atom is 0.501 e. The van der Waals surface area contributed by atoms with Crippen LogP contribution in [0, 0.1) is 6.92 Å². The first kappa shape index (κ1) is 17.8. The summed E-state index contributed by atoms with van der Waals surface area (Å²) >= 11 is 0. The summed E-state index contributed by atoms with van der Waals surface area (Å²) in [6.07, 6.45) is 0. The second kappa shape index (κ2) is 6.16. The molecule has 0 saturated heterocycles. The smallest absolute Gasteiger partial charge is 0.398 e. The van der Waals surface area contributed by atoms with E-state index in [9.17, 15) is 26.4 Å². The van der Waals surface area contributed by atoms with Crippen molar-refractivity contribution in [2.75, 3.05) is 11.1 Å². The molecule has 0 spiro atoms. The lowest BCUT2D eigenvalue weighted by molar-refractivity contribution is -0.0436. The van der Waals surface area contributed by atoms with Gasteiger partial charge >= 0.3 is 5.51 Å². The predicted octanol–water partition coefficient (Wildman–Crippen LogP) is 3.12. The molecule has 0 aliphatic carbocycles. The van der Waals surface area contributed by atoms with Gasteiger partial charge < -0.3 is 11.1 Å². The zero-order chi connectivity index (χ0) is 18.1. The van der Waals surface area contributed by atoms with E-state index in [1.807, 2.05) is 0 Å². The van der Waals surface area contributed by atoms with E-state index in [4.69, 9.17) is 5.73 Å². The van der Waals surface area contributed by atoms with Gasteiger partial charge in [-0.15, -0.1) is 0 Å². The van der Waals surface area contributed by atoms with Gasteiger partial charge in [-0.1, -0.05) is 18.2 Å². The van der Waals surface area contributed by atoms with Crippen LogP contribution in [0.3, 0.4) is 0 Å². The molecule has 0 heterocycles. The van der Waals surface area contributed by atoms with Crippen LogP contribution in [-0.2, 0) is 9.84 Å². The molecule has 0 atom stereocenters. The molecule has 0 bridgehead atoms. The first-order valence-electron chi connectivity index (χ1n) is 6.62. The van der Waals surface area contributed by atoms with Crippen molar-refractivity contribution in [2.45, 2.75) is 17.3 Å². The number of hydrogen-bond acceptors (Lipinski definition) is 4. The Balaban J connectivity index is 2.43. The van der Waals surface area contributed by atoms with Crippen molar-refractivity contribution in [2.24, 2.45) is 0 Å². The van der Waals surface area contributed by atoms with E-state index in [1.54, 1.807) is 13.0 Å². The third-order valence-electron chi connectivity index (χ3n) is 3.26. The van der Waals surface area contributed by atoms with Crippen molar-refractivity contribution < 1.29 is 26.4 Å². The van der Waals surface area contributed by atoms with E-state index < -0.39 is 31.7 Å². The number of anilines is 2. The number of sulfone groups is 1. The molecule has 0 saturated carbocycles. The van der Waals surface area contributed by atoms with Gasteiger partial charge in [0.1, 0.15) is 0 Å². The molecular weight excluding hydrogens is 345 g/mol. The number of nitrogen functional groups attached to an aromatic ring is 1. The number of aryl methyl sites for hydroxylation is 1. The molecule has 0 radical (unpaired) electrons. The number of amides is 1. The number of alkyl halides is 3. The molecule has 5 nitrogen and oxygen atoms in total. The molecule has 2 aromatic carbocycles. The average Bonchev–Trinajstić information content (AvgIpc) is 2.50. The molecule has 3 N–H and O–H groups in total. The minimum Gasteiger partial charge on any atom is -0.398 e. The molecule has 2 rings (SSSR count). The first-order valence-corrected chi connectivity index (χ1v) is 8.10. The highest BCUT2D eigenvalue weighted by Gasteiger charge is 2.48. The Morgan fingerprint density at radius 3 is 2.33 bits per heavy atom. The number of halogens is 3.